The van der Waals surface area contributed by atoms with Gasteiger partial charge in [-0.3, -0.25) is 20.2 Å². The molecule has 2 N–H and O–H groups in total. The first-order chi connectivity index (χ1) is 10.1. The molecule has 114 valence electrons. The summed E-state index contributed by atoms with van der Waals surface area (Å²) in [7, 11) is 0. The summed E-state index contributed by atoms with van der Waals surface area (Å²) in [5.74, 6) is 0.621. The molecule has 1 aliphatic rings. The van der Waals surface area contributed by atoms with Gasteiger partial charge in [0.2, 0.25) is 0 Å². The molecule has 1 aliphatic heterocycles. The number of hydrogen-bond donors (Lipinski definition) is 2. The molecule has 8 nitrogen and oxygen atoms in total. The molecule has 2 rings (SSSR count). The van der Waals surface area contributed by atoms with Gasteiger partial charge < -0.3 is 10.6 Å². The highest BCUT2D eigenvalue weighted by atomic mass is 16.6. The number of nitrogens with one attached hydrogen (secondary N) is 2. The van der Waals surface area contributed by atoms with Crippen molar-refractivity contribution in [1.82, 2.24) is 5.32 Å². The second-order valence-corrected chi connectivity index (χ2v) is 5.12. The van der Waals surface area contributed by atoms with E-state index < -0.39 is 9.85 Å². The number of nitro groups is 2. The minimum atomic E-state index is -0.633. The van der Waals surface area contributed by atoms with Gasteiger partial charge in [-0.25, -0.2) is 0 Å². The first kappa shape index (κ1) is 15.2. The molecule has 0 unspecified atom stereocenters. The van der Waals surface area contributed by atoms with E-state index in [9.17, 15) is 20.2 Å². The van der Waals surface area contributed by atoms with Crippen LogP contribution in [0.2, 0.25) is 0 Å². The smallest absolute Gasteiger partial charge is 0.299 e. The van der Waals surface area contributed by atoms with E-state index in [2.05, 4.69) is 10.6 Å². The molecular weight excluding hydrogens is 276 g/mol. The van der Waals surface area contributed by atoms with Crippen molar-refractivity contribution >= 4 is 17.1 Å². The lowest BCUT2D eigenvalue weighted by Gasteiger charge is -2.22. The average Bonchev–Trinajstić information content (AvgIpc) is 2.48. The van der Waals surface area contributed by atoms with Crippen LogP contribution in [0.4, 0.5) is 17.1 Å². The molecule has 0 radical (unpaired) electrons. The molecule has 8 heteroatoms. The van der Waals surface area contributed by atoms with Crippen LogP contribution in [0.3, 0.4) is 0 Å². The largest absolute Gasteiger partial charge is 0.379 e. The summed E-state index contributed by atoms with van der Waals surface area (Å²) in [5, 5.41) is 28.0. The highest BCUT2D eigenvalue weighted by Crippen LogP contribution is 2.29. The van der Waals surface area contributed by atoms with Crippen LogP contribution in [0, 0.1) is 26.1 Å². The predicted molar refractivity (Wildman–Crippen MR) is 78.5 cm³/mol. The van der Waals surface area contributed by atoms with Gasteiger partial charge in [-0.15, -0.1) is 0 Å². The summed E-state index contributed by atoms with van der Waals surface area (Å²) in [4.78, 5) is 20.4. The van der Waals surface area contributed by atoms with E-state index in [0.29, 0.717) is 18.2 Å². The second-order valence-electron chi connectivity index (χ2n) is 5.12. The summed E-state index contributed by atoms with van der Waals surface area (Å²) in [6.45, 7) is 2.66. The normalized spacial score (nSPS) is 15.6. The highest BCUT2D eigenvalue weighted by molar-refractivity contribution is 5.65. The SMILES string of the molecule is O=[N+]([O-])c1ccc(NCCC2CCNCC2)c([N+](=O)[O-])c1. The first-order valence-electron chi connectivity index (χ1n) is 6.95. The first-order valence-corrected chi connectivity index (χ1v) is 6.95. The van der Waals surface area contributed by atoms with E-state index in [-0.39, 0.29) is 11.4 Å². The minimum Gasteiger partial charge on any atom is -0.379 e. The lowest BCUT2D eigenvalue weighted by molar-refractivity contribution is -0.393. The van der Waals surface area contributed by atoms with Crippen LogP contribution < -0.4 is 10.6 Å². The van der Waals surface area contributed by atoms with Crippen LogP contribution in [0.15, 0.2) is 18.2 Å². The lowest BCUT2D eigenvalue weighted by Crippen LogP contribution is -2.28. The molecule has 0 spiro atoms. The molecule has 0 amide bonds. The molecule has 0 saturated carbocycles. The van der Waals surface area contributed by atoms with Crippen molar-refractivity contribution in [2.24, 2.45) is 5.92 Å². The fraction of sp³-hybridized carbons (Fsp3) is 0.538. The number of non-ortho nitro benzene ring substituents is 1. The van der Waals surface area contributed by atoms with Gasteiger partial charge in [0, 0.05) is 12.6 Å². The summed E-state index contributed by atoms with van der Waals surface area (Å²) in [5.41, 5.74) is -0.195. The van der Waals surface area contributed by atoms with E-state index in [1.165, 1.54) is 12.1 Å². The van der Waals surface area contributed by atoms with Gasteiger partial charge in [0.25, 0.3) is 11.4 Å². The minimum absolute atomic E-state index is 0.255. The molecule has 0 aliphatic carbocycles. The number of piperidine rings is 1. The summed E-state index contributed by atoms with van der Waals surface area (Å²) in [6.07, 6.45) is 3.17. The molecular formula is C13H18N4O4. The van der Waals surface area contributed by atoms with Gasteiger partial charge in [0.15, 0.2) is 0 Å². The van der Waals surface area contributed by atoms with E-state index in [1.54, 1.807) is 0 Å². The second kappa shape index (κ2) is 6.98. The van der Waals surface area contributed by atoms with Crippen LogP contribution in [0.5, 0.6) is 0 Å². The third-order valence-electron chi connectivity index (χ3n) is 3.72. The molecule has 1 fully saturated rings. The van der Waals surface area contributed by atoms with Gasteiger partial charge in [-0.1, -0.05) is 0 Å². The number of nitrogens with zero attached hydrogens (tertiary/aromatic N) is 2. The monoisotopic (exact) mass is 294 g/mol. The van der Waals surface area contributed by atoms with Crippen molar-refractivity contribution < 1.29 is 9.85 Å². The van der Waals surface area contributed by atoms with Crippen LogP contribution in [0.25, 0.3) is 0 Å². The van der Waals surface area contributed by atoms with E-state index in [0.717, 1.165) is 38.4 Å². The fourth-order valence-electron chi connectivity index (χ4n) is 2.52. The molecule has 1 aromatic rings. The Bertz CT molecular complexity index is 529. The quantitative estimate of drug-likeness (QED) is 0.615. The van der Waals surface area contributed by atoms with Gasteiger partial charge in [-0.2, -0.15) is 0 Å². The van der Waals surface area contributed by atoms with Crippen LogP contribution in [0.1, 0.15) is 19.3 Å². The van der Waals surface area contributed by atoms with Crippen LogP contribution >= 0.6 is 0 Å². The number of anilines is 1. The Morgan fingerprint density at radius 1 is 1.19 bits per heavy atom. The lowest BCUT2D eigenvalue weighted by atomic mass is 9.95. The molecule has 1 saturated heterocycles. The Labute approximate surface area is 121 Å². The molecule has 0 aromatic heterocycles. The van der Waals surface area contributed by atoms with E-state index in [1.807, 2.05) is 0 Å². The molecule has 1 aromatic carbocycles. The molecule has 0 bridgehead atoms. The maximum absolute atomic E-state index is 11.0. The van der Waals surface area contributed by atoms with Crippen molar-refractivity contribution in [2.75, 3.05) is 25.0 Å². The zero-order valence-electron chi connectivity index (χ0n) is 11.6. The summed E-state index contributed by atoms with van der Waals surface area (Å²) in [6, 6.07) is 3.67. The Balaban J connectivity index is 1.98. The molecule has 1 heterocycles. The van der Waals surface area contributed by atoms with Crippen molar-refractivity contribution in [3.8, 4) is 0 Å². The topological polar surface area (TPSA) is 110 Å². The van der Waals surface area contributed by atoms with Crippen molar-refractivity contribution in [3.05, 3.63) is 38.4 Å². The van der Waals surface area contributed by atoms with Crippen molar-refractivity contribution in [2.45, 2.75) is 19.3 Å². The maximum atomic E-state index is 11.0. The Kier molecular flexibility index (Phi) is 5.04. The Hall–Kier alpha value is -2.22. The fourth-order valence-corrected chi connectivity index (χ4v) is 2.52. The summed E-state index contributed by atoms with van der Waals surface area (Å²) >= 11 is 0. The zero-order chi connectivity index (χ0) is 15.2. The van der Waals surface area contributed by atoms with Gasteiger partial charge in [-0.05, 0) is 44.3 Å². The number of nitro benzene ring substituents is 2. The molecule has 21 heavy (non-hydrogen) atoms. The van der Waals surface area contributed by atoms with Gasteiger partial charge in [0.1, 0.15) is 5.69 Å². The van der Waals surface area contributed by atoms with Crippen LogP contribution in [-0.4, -0.2) is 29.5 Å². The van der Waals surface area contributed by atoms with Crippen molar-refractivity contribution in [3.63, 3.8) is 0 Å². The standard InChI is InChI=1S/C13H18N4O4/c18-16(19)11-1-2-12(13(9-11)17(20)21)15-8-5-10-3-6-14-7-4-10/h1-2,9-10,14-15H,3-8H2. The van der Waals surface area contributed by atoms with Crippen LogP contribution in [-0.2, 0) is 0 Å². The predicted octanol–water partition coefficient (Wildman–Crippen LogP) is 2.30. The zero-order valence-corrected chi connectivity index (χ0v) is 11.6. The van der Waals surface area contributed by atoms with Gasteiger partial charge >= 0.3 is 0 Å². The Morgan fingerprint density at radius 3 is 2.52 bits per heavy atom. The summed E-state index contributed by atoms with van der Waals surface area (Å²) < 4.78 is 0. The highest BCUT2D eigenvalue weighted by Gasteiger charge is 2.19. The van der Waals surface area contributed by atoms with Gasteiger partial charge in [0.05, 0.1) is 15.9 Å². The molecule has 0 atom stereocenters. The maximum Gasteiger partial charge on any atom is 0.299 e. The van der Waals surface area contributed by atoms with E-state index in [4.69, 9.17) is 0 Å². The number of hydrogen-bond acceptors (Lipinski definition) is 6. The number of rotatable bonds is 6. The third-order valence-corrected chi connectivity index (χ3v) is 3.72. The van der Waals surface area contributed by atoms with Crippen molar-refractivity contribution in [1.29, 1.82) is 0 Å². The average molecular weight is 294 g/mol. The number of benzene rings is 1. The Morgan fingerprint density at radius 2 is 1.90 bits per heavy atom. The third kappa shape index (κ3) is 4.12. The van der Waals surface area contributed by atoms with E-state index >= 15 is 0 Å².